The zero-order chi connectivity index (χ0) is 12.1. The van der Waals surface area contributed by atoms with Gasteiger partial charge in [0.1, 0.15) is 0 Å². The summed E-state index contributed by atoms with van der Waals surface area (Å²) in [5.41, 5.74) is 0.835. The van der Waals surface area contributed by atoms with Gasteiger partial charge >= 0.3 is 0 Å². The van der Waals surface area contributed by atoms with Gasteiger partial charge in [-0.2, -0.15) is 0 Å². The molecule has 1 atom stereocenters. The van der Waals surface area contributed by atoms with Gasteiger partial charge in [-0.05, 0) is 25.0 Å². The highest BCUT2D eigenvalue weighted by Crippen LogP contribution is 2.21. The fraction of sp³-hybridized carbons (Fsp3) is 0.455. The number of halogens is 1. The van der Waals surface area contributed by atoms with Crippen LogP contribution in [0.15, 0.2) is 18.2 Å². The predicted molar refractivity (Wildman–Crippen MR) is 64.7 cm³/mol. The number of nitrogens with one attached hydrogen (secondary N) is 1. The Kier molecular flexibility index (Phi) is 4.71. The number of hydrogen-bond acceptors (Lipinski definition) is 3. The van der Waals surface area contributed by atoms with Crippen LogP contribution in [-0.4, -0.2) is 11.0 Å². The molecule has 1 N–H and O–H groups in total. The zero-order valence-electron chi connectivity index (χ0n) is 9.37. The summed E-state index contributed by atoms with van der Waals surface area (Å²) in [5, 5.41) is 14.4. The van der Waals surface area contributed by atoms with E-state index in [1.807, 2.05) is 0 Å². The summed E-state index contributed by atoms with van der Waals surface area (Å²) in [6.07, 6.45) is 1.01. The van der Waals surface area contributed by atoms with Crippen molar-refractivity contribution in [1.29, 1.82) is 0 Å². The molecule has 4 nitrogen and oxygen atoms in total. The third-order valence-corrected chi connectivity index (χ3v) is 2.86. The van der Waals surface area contributed by atoms with Crippen LogP contribution < -0.4 is 5.32 Å². The first kappa shape index (κ1) is 12.9. The molecule has 0 aliphatic heterocycles. The second-order valence-corrected chi connectivity index (χ2v) is 4.13. The summed E-state index contributed by atoms with van der Waals surface area (Å²) in [4.78, 5) is 10.2. The standard InChI is InChI=1S/C11H15ClN2O2/c1-3-8(2)13-7-9-6-10(14(15)16)4-5-11(9)12/h4-6,8,13H,3,7H2,1-2H3. The number of hydrogen-bond donors (Lipinski definition) is 1. The van der Waals surface area contributed by atoms with Gasteiger partial charge in [-0.25, -0.2) is 0 Å². The van der Waals surface area contributed by atoms with E-state index in [4.69, 9.17) is 11.6 Å². The van der Waals surface area contributed by atoms with Gasteiger partial charge in [0.2, 0.25) is 0 Å². The Morgan fingerprint density at radius 2 is 2.25 bits per heavy atom. The molecule has 5 heteroatoms. The number of nitro groups is 1. The molecule has 0 aromatic heterocycles. The average molecular weight is 243 g/mol. The minimum Gasteiger partial charge on any atom is -0.310 e. The molecular formula is C11H15ClN2O2. The van der Waals surface area contributed by atoms with Gasteiger partial charge in [0.05, 0.1) is 4.92 Å². The van der Waals surface area contributed by atoms with E-state index in [-0.39, 0.29) is 5.69 Å². The Labute approximate surface area is 99.8 Å². The Balaban J connectivity index is 2.78. The highest BCUT2D eigenvalue weighted by molar-refractivity contribution is 6.31. The SMILES string of the molecule is CCC(C)NCc1cc([N+](=O)[O-])ccc1Cl. The van der Waals surface area contributed by atoms with Crippen molar-refractivity contribution in [3.05, 3.63) is 38.9 Å². The van der Waals surface area contributed by atoms with Crippen molar-refractivity contribution in [2.45, 2.75) is 32.9 Å². The lowest BCUT2D eigenvalue weighted by Crippen LogP contribution is -2.24. The maximum atomic E-state index is 10.6. The normalized spacial score (nSPS) is 12.4. The Bertz CT molecular complexity index is 382. The van der Waals surface area contributed by atoms with Crippen LogP contribution in [0.3, 0.4) is 0 Å². The Morgan fingerprint density at radius 1 is 1.56 bits per heavy atom. The smallest absolute Gasteiger partial charge is 0.269 e. The predicted octanol–water partition coefficient (Wildman–Crippen LogP) is 3.14. The van der Waals surface area contributed by atoms with Crippen molar-refractivity contribution in [2.75, 3.05) is 0 Å². The van der Waals surface area contributed by atoms with Gasteiger partial charge in [-0.15, -0.1) is 0 Å². The summed E-state index contributed by atoms with van der Waals surface area (Å²) in [7, 11) is 0. The second kappa shape index (κ2) is 5.82. The van der Waals surface area contributed by atoms with Gasteiger partial charge in [-0.1, -0.05) is 18.5 Å². The van der Waals surface area contributed by atoms with Crippen molar-refractivity contribution >= 4 is 17.3 Å². The summed E-state index contributed by atoms with van der Waals surface area (Å²) < 4.78 is 0. The van der Waals surface area contributed by atoms with Crippen molar-refractivity contribution in [1.82, 2.24) is 5.32 Å². The molecule has 88 valence electrons. The topological polar surface area (TPSA) is 55.2 Å². The van der Waals surface area contributed by atoms with E-state index in [0.717, 1.165) is 12.0 Å². The van der Waals surface area contributed by atoms with Crippen LogP contribution in [0.4, 0.5) is 5.69 Å². The first-order chi connectivity index (χ1) is 7.54. The minimum atomic E-state index is -0.414. The van der Waals surface area contributed by atoms with Gasteiger partial charge < -0.3 is 5.32 Å². The summed E-state index contributed by atoms with van der Waals surface area (Å²) in [6.45, 7) is 4.69. The van der Waals surface area contributed by atoms with Crippen LogP contribution in [-0.2, 0) is 6.54 Å². The molecule has 1 rings (SSSR count). The molecule has 0 saturated carbocycles. The third kappa shape index (κ3) is 3.47. The van der Waals surface area contributed by atoms with E-state index in [9.17, 15) is 10.1 Å². The van der Waals surface area contributed by atoms with Crippen molar-refractivity contribution < 1.29 is 4.92 Å². The van der Waals surface area contributed by atoms with Crippen LogP contribution in [0.2, 0.25) is 5.02 Å². The van der Waals surface area contributed by atoms with E-state index in [1.54, 1.807) is 6.07 Å². The Hall–Kier alpha value is -1.13. The molecule has 1 unspecified atom stereocenters. The lowest BCUT2D eigenvalue weighted by Gasteiger charge is -2.11. The van der Waals surface area contributed by atoms with Crippen molar-refractivity contribution in [3.8, 4) is 0 Å². The molecule has 0 bridgehead atoms. The minimum absolute atomic E-state index is 0.0744. The largest absolute Gasteiger partial charge is 0.310 e. The molecule has 0 fully saturated rings. The fourth-order valence-corrected chi connectivity index (χ4v) is 1.42. The molecular weight excluding hydrogens is 228 g/mol. The van der Waals surface area contributed by atoms with E-state index in [1.165, 1.54) is 12.1 Å². The molecule has 0 spiro atoms. The highest BCUT2D eigenvalue weighted by atomic mass is 35.5. The first-order valence-electron chi connectivity index (χ1n) is 5.20. The van der Waals surface area contributed by atoms with Gasteiger partial charge in [0.15, 0.2) is 0 Å². The lowest BCUT2D eigenvalue weighted by molar-refractivity contribution is -0.384. The van der Waals surface area contributed by atoms with Crippen molar-refractivity contribution in [3.63, 3.8) is 0 Å². The third-order valence-electron chi connectivity index (χ3n) is 2.49. The molecule has 0 amide bonds. The molecule has 0 radical (unpaired) electrons. The summed E-state index contributed by atoms with van der Waals surface area (Å²) >= 11 is 5.96. The zero-order valence-corrected chi connectivity index (χ0v) is 10.1. The van der Waals surface area contributed by atoms with Crippen molar-refractivity contribution in [2.24, 2.45) is 0 Å². The maximum Gasteiger partial charge on any atom is 0.269 e. The maximum absolute atomic E-state index is 10.6. The highest BCUT2D eigenvalue weighted by Gasteiger charge is 2.09. The van der Waals surface area contributed by atoms with Crippen LogP contribution in [0, 0.1) is 10.1 Å². The second-order valence-electron chi connectivity index (χ2n) is 3.72. The van der Waals surface area contributed by atoms with Crippen LogP contribution in [0.5, 0.6) is 0 Å². The van der Waals surface area contributed by atoms with E-state index >= 15 is 0 Å². The molecule has 1 aromatic rings. The summed E-state index contributed by atoms with van der Waals surface area (Å²) in [5.74, 6) is 0. The number of nitrogens with zero attached hydrogens (tertiary/aromatic N) is 1. The molecule has 16 heavy (non-hydrogen) atoms. The fourth-order valence-electron chi connectivity index (χ4n) is 1.24. The van der Waals surface area contributed by atoms with E-state index < -0.39 is 4.92 Å². The first-order valence-corrected chi connectivity index (χ1v) is 5.58. The van der Waals surface area contributed by atoms with E-state index in [2.05, 4.69) is 19.2 Å². The average Bonchev–Trinajstić information content (AvgIpc) is 2.27. The van der Waals surface area contributed by atoms with Gasteiger partial charge in [0.25, 0.3) is 5.69 Å². The summed E-state index contributed by atoms with van der Waals surface area (Å²) in [6, 6.07) is 4.86. The quantitative estimate of drug-likeness (QED) is 0.638. The molecule has 0 saturated heterocycles. The number of non-ortho nitro benzene ring substituents is 1. The Morgan fingerprint density at radius 3 is 2.81 bits per heavy atom. The van der Waals surface area contributed by atoms with E-state index in [0.29, 0.717) is 17.6 Å². The van der Waals surface area contributed by atoms with Gasteiger partial charge in [0, 0.05) is 29.7 Å². The van der Waals surface area contributed by atoms with Crippen LogP contribution >= 0.6 is 11.6 Å². The van der Waals surface area contributed by atoms with Crippen LogP contribution in [0.1, 0.15) is 25.8 Å². The monoisotopic (exact) mass is 242 g/mol. The number of nitro benzene ring substituents is 1. The lowest BCUT2D eigenvalue weighted by atomic mass is 10.2. The molecule has 0 aliphatic rings. The molecule has 1 aromatic carbocycles. The number of benzene rings is 1. The molecule has 0 heterocycles. The van der Waals surface area contributed by atoms with Gasteiger partial charge in [-0.3, -0.25) is 10.1 Å². The molecule has 0 aliphatic carbocycles. The van der Waals surface area contributed by atoms with Crippen LogP contribution in [0.25, 0.3) is 0 Å². The number of rotatable bonds is 5.